The quantitative estimate of drug-likeness (QED) is 0.621. The first kappa shape index (κ1) is 21.7. The number of primary sulfonamides is 1. The lowest BCUT2D eigenvalue weighted by Gasteiger charge is -2.25. The summed E-state index contributed by atoms with van der Waals surface area (Å²) >= 11 is 0. The van der Waals surface area contributed by atoms with E-state index >= 15 is 0 Å². The fraction of sp³-hybridized carbons (Fsp3) is 0.273. The van der Waals surface area contributed by atoms with Gasteiger partial charge in [0.15, 0.2) is 11.7 Å². The van der Waals surface area contributed by atoms with E-state index in [0.29, 0.717) is 18.1 Å². The number of hydrogen-bond donors (Lipinski definition) is 1. The maximum absolute atomic E-state index is 12.6. The summed E-state index contributed by atoms with van der Waals surface area (Å²) in [5.74, 6) is 1.12. The van der Waals surface area contributed by atoms with Gasteiger partial charge >= 0.3 is 0 Å². The summed E-state index contributed by atoms with van der Waals surface area (Å²) in [4.78, 5) is 18.6. The molecule has 0 saturated heterocycles. The summed E-state index contributed by atoms with van der Waals surface area (Å²) < 4.78 is 28.5. The molecule has 0 aliphatic rings. The van der Waals surface area contributed by atoms with Gasteiger partial charge in [0.2, 0.25) is 15.9 Å². The van der Waals surface area contributed by atoms with Crippen LogP contribution in [0, 0.1) is 6.92 Å². The highest BCUT2D eigenvalue weighted by molar-refractivity contribution is 7.89. The third kappa shape index (κ3) is 5.14. The third-order valence-electron chi connectivity index (χ3n) is 5.11. The number of aromatic nitrogens is 1. The van der Waals surface area contributed by atoms with Gasteiger partial charge < -0.3 is 9.32 Å². The molecular formula is C22H25N3O4S. The Morgan fingerprint density at radius 1 is 1.13 bits per heavy atom. The predicted octanol–water partition coefficient (Wildman–Crippen LogP) is 3.45. The maximum Gasteiger partial charge on any atom is 0.238 e. The Morgan fingerprint density at radius 3 is 2.37 bits per heavy atom. The van der Waals surface area contributed by atoms with Gasteiger partial charge in [-0.2, -0.15) is 0 Å². The molecule has 3 aromatic rings. The van der Waals surface area contributed by atoms with E-state index in [1.165, 1.54) is 17.7 Å². The largest absolute Gasteiger partial charge is 0.441 e. The van der Waals surface area contributed by atoms with E-state index in [2.05, 4.69) is 4.98 Å². The zero-order chi connectivity index (χ0) is 21.9. The van der Waals surface area contributed by atoms with Gasteiger partial charge in [-0.1, -0.05) is 42.0 Å². The fourth-order valence-electron chi connectivity index (χ4n) is 3.04. The van der Waals surface area contributed by atoms with E-state index in [1.807, 2.05) is 38.1 Å². The van der Waals surface area contributed by atoms with Crippen molar-refractivity contribution in [3.63, 3.8) is 0 Å². The third-order valence-corrected chi connectivity index (χ3v) is 6.04. The molecule has 8 heteroatoms. The van der Waals surface area contributed by atoms with E-state index in [0.717, 1.165) is 11.1 Å². The smallest absolute Gasteiger partial charge is 0.238 e. The van der Waals surface area contributed by atoms with Crippen LogP contribution < -0.4 is 5.14 Å². The lowest BCUT2D eigenvalue weighted by Crippen LogP contribution is -2.29. The Bertz CT molecular complexity index is 1120. The minimum atomic E-state index is -3.74. The van der Waals surface area contributed by atoms with Crippen molar-refractivity contribution in [3.8, 4) is 11.3 Å². The Morgan fingerprint density at radius 2 is 1.77 bits per heavy atom. The van der Waals surface area contributed by atoms with Crippen molar-refractivity contribution >= 4 is 15.9 Å². The van der Waals surface area contributed by atoms with Gasteiger partial charge in [-0.05, 0) is 31.5 Å². The summed E-state index contributed by atoms with van der Waals surface area (Å²) in [6.45, 7) is 3.90. The molecule has 1 atom stereocenters. The number of hydrogen-bond acceptors (Lipinski definition) is 5. The molecule has 0 bridgehead atoms. The number of oxazole rings is 1. The number of nitrogens with two attached hydrogens (primary N) is 1. The van der Waals surface area contributed by atoms with Crippen LogP contribution in [0.3, 0.4) is 0 Å². The molecule has 0 saturated carbocycles. The monoisotopic (exact) mass is 427 g/mol. The normalized spacial score (nSPS) is 12.5. The number of nitrogens with zero attached hydrogens (tertiary/aromatic N) is 2. The minimum absolute atomic E-state index is 0.0423. The Kier molecular flexibility index (Phi) is 6.38. The van der Waals surface area contributed by atoms with Crippen LogP contribution in [0.2, 0.25) is 0 Å². The van der Waals surface area contributed by atoms with Crippen LogP contribution >= 0.6 is 0 Å². The van der Waals surface area contributed by atoms with E-state index in [9.17, 15) is 13.2 Å². The second kappa shape index (κ2) is 8.81. The number of sulfonamides is 1. The first-order chi connectivity index (χ1) is 14.1. The number of carbonyl (C=O) groups is 1. The van der Waals surface area contributed by atoms with Gasteiger partial charge in [-0.3, -0.25) is 4.79 Å². The number of benzene rings is 2. The van der Waals surface area contributed by atoms with Crippen molar-refractivity contribution in [2.24, 2.45) is 5.14 Å². The second-order valence-corrected chi connectivity index (χ2v) is 8.84. The first-order valence-corrected chi connectivity index (χ1v) is 11.1. The number of aryl methyl sites for hydroxylation is 2. The van der Waals surface area contributed by atoms with Crippen LogP contribution in [0.25, 0.3) is 11.3 Å². The van der Waals surface area contributed by atoms with Crippen molar-refractivity contribution in [1.82, 2.24) is 9.88 Å². The summed E-state index contributed by atoms with van der Waals surface area (Å²) in [5.41, 5.74) is 2.93. The molecule has 2 aromatic carbocycles. The summed E-state index contributed by atoms with van der Waals surface area (Å²) in [5, 5.41) is 5.12. The zero-order valence-corrected chi connectivity index (χ0v) is 18.0. The lowest BCUT2D eigenvalue weighted by atomic mass is 10.1. The number of carbonyl (C=O) groups excluding carboxylic acids is 1. The molecule has 158 valence electrons. The van der Waals surface area contributed by atoms with E-state index < -0.39 is 10.0 Å². The predicted molar refractivity (Wildman–Crippen MR) is 114 cm³/mol. The molecule has 0 aliphatic heterocycles. The molecule has 3 rings (SSSR count). The molecule has 30 heavy (non-hydrogen) atoms. The Hall–Kier alpha value is -2.97. The zero-order valence-electron chi connectivity index (χ0n) is 17.2. The van der Waals surface area contributed by atoms with Crippen LogP contribution in [0.5, 0.6) is 0 Å². The van der Waals surface area contributed by atoms with E-state index in [-0.39, 0.29) is 23.3 Å². The van der Waals surface area contributed by atoms with Gasteiger partial charge in [-0.15, -0.1) is 0 Å². The molecular weight excluding hydrogens is 402 g/mol. The lowest BCUT2D eigenvalue weighted by molar-refractivity contribution is -0.131. The molecule has 1 unspecified atom stereocenters. The average Bonchev–Trinajstić information content (AvgIpc) is 3.20. The van der Waals surface area contributed by atoms with Crippen LogP contribution in [-0.4, -0.2) is 31.3 Å². The summed E-state index contributed by atoms with van der Waals surface area (Å²) in [7, 11) is -2.02. The van der Waals surface area contributed by atoms with E-state index in [4.69, 9.17) is 9.56 Å². The molecule has 1 heterocycles. The van der Waals surface area contributed by atoms with Gasteiger partial charge in [0, 0.05) is 25.5 Å². The molecule has 0 fully saturated rings. The van der Waals surface area contributed by atoms with Crippen molar-refractivity contribution < 1.29 is 17.6 Å². The van der Waals surface area contributed by atoms with Crippen molar-refractivity contribution in [1.29, 1.82) is 0 Å². The van der Waals surface area contributed by atoms with Crippen LogP contribution in [-0.2, 0) is 21.2 Å². The van der Waals surface area contributed by atoms with Gasteiger partial charge in [0.1, 0.15) is 0 Å². The van der Waals surface area contributed by atoms with Crippen LogP contribution in [0.15, 0.2) is 64.0 Å². The molecule has 1 aromatic heterocycles. The van der Waals surface area contributed by atoms with Crippen LogP contribution in [0.4, 0.5) is 0 Å². The highest BCUT2D eigenvalue weighted by atomic mass is 32.2. The van der Waals surface area contributed by atoms with E-state index in [1.54, 1.807) is 30.3 Å². The topological polar surface area (TPSA) is 106 Å². The fourth-order valence-corrected chi connectivity index (χ4v) is 3.56. The minimum Gasteiger partial charge on any atom is -0.441 e. The van der Waals surface area contributed by atoms with Gasteiger partial charge in [0.05, 0.1) is 17.1 Å². The van der Waals surface area contributed by atoms with Crippen LogP contribution in [0.1, 0.15) is 36.4 Å². The van der Waals surface area contributed by atoms with Gasteiger partial charge in [-0.25, -0.2) is 18.5 Å². The molecule has 0 aliphatic carbocycles. The van der Waals surface area contributed by atoms with Crippen molar-refractivity contribution in [2.45, 2.75) is 37.6 Å². The number of amides is 1. The summed E-state index contributed by atoms with van der Waals surface area (Å²) in [6.07, 6.45) is 2.32. The number of rotatable bonds is 7. The van der Waals surface area contributed by atoms with Crippen molar-refractivity contribution in [2.75, 3.05) is 7.05 Å². The molecule has 0 radical (unpaired) electrons. The highest BCUT2D eigenvalue weighted by Gasteiger charge is 2.19. The summed E-state index contributed by atoms with van der Waals surface area (Å²) in [6, 6.07) is 14.0. The highest BCUT2D eigenvalue weighted by Crippen LogP contribution is 2.23. The van der Waals surface area contributed by atoms with Crippen molar-refractivity contribution in [3.05, 3.63) is 71.7 Å². The average molecular weight is 428 g/mol. The Balaban J connectivity index is 1.60. The molecule has 7 nitrogen and oxygen atoms in total. The molecule has 1 amide bonds. The standard InChI is InChI=1S/C22H25N3O4S/c1-15-4-6-18(7-5-15)20-14-24-21(29-20)12-13-22(26)25(3)16(2)17-8-10-19(11-9-17)30(23,27)28/h4-11,14,16H,12-13H2,1-3H3,(H2,23,27,28). The SMILES string of the molecule is Cc1ccc(-c2cnc(CCC(=O)N(C)C(C)c3ccc(S(N)(=O)=O)cc3)o2)cc1. The molecule has 2 N–H and O–H groups in total. The second-order valence-electron chi connectivity index (χ2n) is 7.28. The molecule has 0 spiro atoms. The maximum atomic E-state index is 12.6. The first-order valence-electron chi connectivity index (χ1n) is 9.55. The Labute approximate surface area is 176 Å². The van der Waals surface area contributed by atoms with Gasteiger partial charge in [0.25, 0.3) is 0 Å².